The zero-order chi connectivity index (χ0) is 45.0. The van der Waals surface area contributed by atoms with Gasteiger partial charge in [0.25, 0.3) is 0 Å². The van der Waals surface area contributed by atoms with Crippen LogP contribution in [0.5, 0.6) is 0 Å². The smallest absolute Gasteiger partial charge is 0.0714 e. The lowest BCUT2D eigenvalue weighted by atomic mass is 9.67. The molecule has 0 aliphatic heterocycles. The van der Waals surface area contributed by atoms with Crippen molar-refractivity contribution < 1.29 is 0 Å². The lowest BCUT2D eigenvalue weighted by Gasteiger charge is -2.35. The van der Waals surface area contributed by atoms with E-state index in [2.05, 4.69) is 278 Å². The lowest BCUT2D eigenvalue weighted by molar-refractivity contribution is 0.768. The van der Waals surface area contributed by atoms with Gasteiger partial charge in [-0.1, -0.05) is 243 Å². The number of hydrogen-bond donors (Lipinski definition) is 0. The molecule has 0 amide bonds. The highest BCUT2D eigenvalue weighted by Gasteiger charge is 2.46. The molecule has 1 aliphatic rings. The van der Waals surface area contributed by atoms with Crippen LogP contribution in [0, 0.1) is 0 Å². The molecule has 0 heterocycles. The average molecular weight is 864 g/mol. The molecule has 0 N–H and O–H groups in total. The first-order valence-corrected chi connectivity index (χ1v) is 23.6. The van der Waals surface area contributed by atoms with E-state index in [1.807, 2.05) is 0 Å². The summed E-state index contributed by atoms with van der Waals surface area (Å²) in [5.74, 6) is 0. The Kier molecular flexibility index (Phi) is 9.47. The monoisotopic (exact) mass is 863 g/mol. The molecule has 0 saturated carbocycles. The van der Waals surface area contributed by atoms with Crippen molar-refractivity contribution in [2.24, 2.45) is 0 Å². The number of benzene rings is 11. The molecule has 0 aromatic heterocycles. The maximum atomic E-state index is 2.50. The fourth-order valence-corrected chi connectivity index (χ4v) is 11.5. The van der Waals surface area contributed by atoms with Gasteiger partial charge in [-0.25, -0.2) is 0 Å². The summed E-state index contributed by atoms with van der Waals surface area (Å²) in [7, 11) is 0. The molecule has 0 spiro atoms. The van der Waals surface area contributed by atoms with E-state index in [0.29, 0.717) is 0 Å². The highest BCUT2D eigenvalue weighted by molar-refractivity contribution is 6.26. The van der Waals surface area contributed by atoms with E-state index in [-0.39, 0.29) is 0 Å². The van der Waals surface area contributed by atoms with Crippen molar-refractivity contribution in [2.75, 3.05) is 4.90 Å². The number of rotatable bonds is 6. The molecule has 0 saturated heterocycles. The fraction of sp³-hybridized carbons (Fsp3) is 0.0149. The second-order valence-electron chi connectivity index (χ2n) is 17.9. The van der Waals surface area contributed by atoms with Gasteiger partial charge in [-0.05, 0) is 123 Å². The standard InChI is InChI=1S/C67H45N/c1-4-22-46(23-5-1)51-28-19-21-39-66(51)68(50-41-43-62-61-37-18-20-38-64(61)67(65(62)45-50,47-24-6-2-7-25-47)48-26-8-3-9-27-48)49-40-42-60-58-35-15-14-33-56(58)54-31-11-10-29-52(54)53-30-12-13-32-55(53)57-34-16-17-36-59(57)63(60)44-49/h1-45H. The van der Waals surface area contributed by atoms with Crippen molar-refractivity contribution in [3.8, 4) is 22.3 Å². The van der Waals surface area contributed by atoms with Crippen LogP contribution in [0.3, 0.4) is 0 Å². The van der Waals surface area contributed by atoms with E-state index in [1.54, 1.807) is 0 Å². The first kappa shape index (κ1) is 39.6. The highest BCUT2D eigenvalue weighted by atomic mass is 15.1. The molecule has 1 nitrogen and oxygen atoms in total. The Bertz CT molecular complexity index is 3850. The Hall–Kier alpha value is -8.78. The molecule has 1 heteroatoms. The van der Waals surface area contributed by atoms with Crippen molar-refractivity contribution in [1.29, 1.82) is 0 Å². The summed E-state index contributed by atoms with van der Waals surface area (Å²) in [5, 5.41) is 12.1. The van der Waals surface area contributed by atoms with Crippen molar-refractivity contribution in [3.05, 3.63) is 295 Å². The normalized spacial score (nSPS) is 12.5. The fourth-order valence-electron chi connectivity index (χ4n) is 11.5. The predicted molar refractivity (Wildman–Crippen MR) is 289 cm³/mol. The van der Waals surface area contributed by atoms with Gasteiger partial charge in [0, 0.05) is 16.9 Å². The molecule has 318 valence electrons. The van der Waals surface area contributed by atoms with Gasteiger partial charge < -0.3 is 4.90 Å². The van der Waals surface area contributed by atoms with Gasteiger partial charge in [-0.3, -0.25) is 0 Å². The summed E-state index contributed by atoms with van der Waals surface area (Å²) >= 11 is 0. The highest BCUT2D eigenvalue weighted by Crippen LogP contribution is 2.57. The van der Waals surface area contributed by atoms with Crippen molar-refractivity contribution in [1.82, 2.24) is 0 Å². The average Bonchev–Trinajstić information content (AvgIpc) is 3.72. The minimum absolute atomic E-state index is 0.551. The van der Waals surface area contributed by atoms with Crippen LogP contribution in [-0.2, 0) is 5.41 Å². The molecule has 0 fully saturated rings. The lowest BCUT2D eigenvalue weighted by Crippen LogP contribution is -2.28. The Morgan fingerprint density at radius 1 is 0.235 bits per heavy atom. The first-order chi connectivity index (χ1) is 33.8. The van der Waals surface area contributed by atoms with Crippen LogP contribution >= 0.6 is 0 Å². The van der Waals surface area contributed by atoms with Gasteiger partial charge in [-0.15, -0.1) is 0 Å². The van der Waals surface area contributed by atoms with E-state index in [4.69, 9.17) is 0 Å². The maximum absolute atomic E-state index is 2.50. The second kappa shape index (κ2) is 16.3. The SMILES string of the molecule is c1ccc(-c2ccccc2N(c2ccc3c(c2)C(c2ccccc2)(c2ccccc2)c2ccccc2-3)c2ccc3c4ccccc4c4ccccc4c4ccccc4c4ccccc4c3c2)cc1. The summed E-state index contributed by atoms with van der Waals surface area (Å²) in [6, 6.07) is 101. The Morgan fingerprint density at radius 2 is 0.603 bits per heavy atom. The molecule has 0 radical (unpaired) electrons. The topological polar surface area (TPSA) is 3.24 Å². The molecule has 0 unspecified atom stereocenters. The third kappa shape index (κ3) is 6.17. The van der Waals surface area contributed by atoms with Gasteiger partial charge in [0.15, 0.2) is 0 Å². The molecule has 68 heavy (non-hydrogen) atoms. The Labute approximate surface area is 396 Å². The van der Waals surface area contributed by atoms with E-state index in [9.17, 15) is 0 Å². The van der Waals surface area contributed by atoms with Crippen molar-refractivity contribution in [3.63, 3.8) is 0 Å². The van der Waals surface area contributed by atoms with Crippen LogP contribution in [0.4, 0.5) is 17.1 Å². The first-order valence-electron chi connectivity index (χ1n) is 23.6. The number of fused-ring (bicyclic) bond motifs is 13. The summed E-state index contributed by atoms with van der Waals surface area (Å²) < 4.78 is 0. The van der Waals surface area contributed by atoms with E-state index < -0.39 is 5.41 Å². The minimum atomic E-state index is -0.551. The second-order valence-corrected chi connectivity index (χ2v) is 17.9. The van der Waals surface area contributed by atoms with E-state index >= 15 is 0 Å². The Balaban J connectivity index is 1.17. The van der Waals surface area contributed by atoms with Crippen LogP contribution in [-0.4, -0.2) is 0 Å². The predicted octanol–water partition coefficient (Wildman–Crippen LogP) is 18.1. The molecule has 13 rings (SSSR count). The van der Waals surface area contributed by atoms with Gasteiger partial charge in [0.1, 0.15) is 0 Å². The van der Waals surface area contributed by atoms with Crippen LogP contribution in [0.15, 0.2) is 273 Å². The van der Waals surface area contributed by atoms with Gasteiger partial charge >= 0.3 is 0 Å². The zero-order valence-corrected chi connectivity index (χ0v) is 37.4. The number of para-hydroxylation sites is 1. The third-order valence-corrected chi connectivity index (χ3v) is 14.4. The number of hydrogen-bond acceptors (Lipinski definition) is 1. The number of anilines is 3. The van der Waals surface area contributed by atoms with Gasteiger partial charge in [0.2, 0.25) is 0 Å². The summed E-state index contributed by atoms with van der Waals surface area (Å²) in [5.41, 5.74) is 12.6. The van der Waals surface area contributed by atoms with Gasteiger partial charge in [0.05, 0.1) is 11.1 Å². The zero-order valence-electron chi connectivity index (χ0n) is 37.4. The van der Waals surface area contributed by atoms with Crippen LogP contribution in [0.2, 0.25) is 0 Å². The van der Waals surface area contributed by atoms with Crippen LogP contribution in [0.1, 0.15) is 22.3 Å². The quantitative estimate of drug-likeness (QED) is 0.161. The van der Waals surface area contributed by atoms with Crippen molar-refractivity contribution in [2.45, 2.75) is 5.41 Å². The molecule has 12 aromatic rings. The van der Waals surface area contributed by atoms with E-state index in [1.165, 1.54) is 87.2 Å². The Morgan fingerprint density at radius 3 is 1.13 bits per heavy atom. The molecule has 1 aliphatic carbocycles. The summed E-state index contributed by atoms with van der Waals surface area (Å²) in [4.78, 5) is 2.50. The van der Waals surface area contributed by atoms with Crippen LogP contribution < -0.4 is 4.90 Å². The van der Waals surface area contributed by atoms with Gasteiger partial charge in [-0.2, -0.15) is 0 Å². The number of nitrogens with zero attached hydrogens (tertiary/aromatic N) is 1. The molecule has 0 atom stereocenters. The van der Waals surface area contributed by atoms with Crippen LogP contribution in [0.25, 0.3) is 76.1 Å². The molecular formula is C67H45N. The minimum Gasteiger partial charge on any atom is -0.310 e. The third-order valence-electron chi connectivity index (χ3n) is 14.4. The molecule has 0 bridgehead atoms. The largest absolute Gasteiger partial charge is 0.310 e. The van der Waals surface area contributed by atoms with Crippen molar-refractivity contribution >= 4 is 70.9 Å². The molecular weight excluding hydrogens is 819 g/mol. The summed E-state index contributed by atoms with van der Waals surface area (Å²) in [6.07, 6.45) is 0. The maximum Gasteiger partial charge on any atom is 0.0714 e. The molecule has 12 aromatic carbocycles. The summed E-state index contributed by atoms with van der Waals surface area (Å²) in [6.45, 7) is 0. The van der Waals surface area contributed by atoms with E-state index in [0.717, 1.165) is 28.2 Å².